The number of carbonyl (C=O) groups is 1. The molecule has 1 saturated heterocycles. The molecule has 1 aliphatic rings. The Labute approximate surface area is 123 Å². The first-order chi connectivity index (χ1) is 9.78. The number of likely N-dealkylation sites (N-methyl/N-ethyl adjacent to an activating group) is 1. The van der Waals surface area contributed by atoms with Gasteiger partial charge in [-0.2, -0.15) is 4.31 Å². The van der Waals surface area contributed by atoms with Crippen LogP contribution in [0, 0.1) is 12.7 Å². The van der Waals surface area contributed by atoms with Crippen molar-refractivity contribution in [2.75, 3.05) is 19.3 Å². The van der Waals surface area contributed by atoms with Gasteiger partial charge in [0.15, 0.2) is 0 Å². The van der Waals surface area contributed by atoms with E-state index in [0.29, 0.717) is 12.8 Å². The number of sulfonamides is 1. The van der Waals surface area contributed by atoms with Gasteiger partial charge in [0.1, 0.15) is 11.9 Å². The number of nitrogens with zero attached hydrogens (tertiary/aromatic N) is 1. The molecule has 6 nitrogen and oxygen atoms in total. The number of anilines is 1. The smallest absolute Gasteiger partial charge is 0.243 e. The third-order valence-electron chi connectivity index (χ3n) is 3.62. The van der Waals surface area contributed by atoms with Crippen LogP contribution >= 0.6 is 0 Å². The van der Waals surface area contributed by atoms with Crippen molar-refractivity contribution in [1.29, 1.82) is 0 Å². The van der Waals surface area contributed by atoms with Crippen LogP contribution in [0.1, 0.15) is 18.4 Å². The fraction of sp³-hybridized carbons (Fsp3) is 0.462. The highest BCUT2D eigenvalue weighted by Gasteiger charge is 2.39. The Balaban J connectivity index is 2.45. The topological polar surface area (TPSA) is 92.5 Å². The molecule has 1 amide bonds. The van der Waals surface area contributed by atoms with Crippen LogP contribution in [0.25, 0.3) is 0 Å². The molecule has 1 unspecified atom stereocenters. The van der Waals surface area contributed by atoms with E-state index in [-0.39, 0.29) is 28.6 Å². The molecule has 0 aromatic heterocycles. The zero-order valence-corrected chi connectivity index (χ0v) is 12.7. The summed E-state index contributed by atoms with van der Waals surface area (Å²) in [6, 6.07) is 1.60. The minimum atomic E-state index is -3.88. The first-order valence-corrected chi connectivity index (χ1v) is 8.02. The van der Waals surface area contributed by atoms with Crippen LogP contribution in [-0.2, 0) is 14.8 Å². The van der Waals surface area contributed by atoms with Gasteiger partial charge in [0.25, 0.3) is 0 Å². The molecular weight excluding hydrogens is 297 g/mol. The average molecular weight is 315 g/mol. The van der Waals surface area contributed by atoms with Crippen molar-refractivity contribution < 1.29 is 17.6 Å². The number of nitrogens with two attached hydrogens (primary N) is 1. The van der Waals surface area contributed by atoms with E-state index in [2.05, 4.69) is 5.32 Å². The van der Waals surface area contributed by atoms with Gasteiger partial charge in [-0.15, -0.1) is 0 Å². The zero-order valence-electron chi connectivity index (χ0n) is 11.9. The van der Waals surface area contributed by atoms with Crippen LogP contribution in [0.4, 0.5) is 10.1 Å². The normalized spacial score (nSPS) is 19.7. The third-order valence-corrected chi connectivity index (χ3v) is 5.50. The molecule has 3 N–H and O–H groups in total. The summed E-state index contributed by atoms with van der Waals surface area (Å²) in [5.74, 6) is -0.971. The minimum absolute atomic E-state index is 0.0882. The molecule has 116 valence electrons. The Bertz CT molecular complexity index is 652. The summed E-state index contributed by atoms with van der Waals surface area (Å²) in [7, 11) is -2.42. The molecule has 1 heterocycles. The van der Waals surface area contributed by atoms with Gasteiger partial charge in [-0.25, -0.2) is 12.8 Å². The van der Waals surface area contributed by atoms with Crippen LogP contribution in [0.3, 0.4) is 0 Å². The monoisotopic (exact) mass is 315 g/mol. The molecule has 0 bridgehead atoms. The summed E-state index contributed by atoms with van der Waals surface area (Å²) in [5.41, 5.74) is 5.44. The predicted octanol–water partition coefficient (Wildman–Crippen LogP) is 0.615. The highest BCUT2D eigenvalue weighted by Crippen LogP contribution is 2.29. The first kappa shape index (κ1) is 15.7. The van der Waals surface area contributed by atoms with Gasteiger partial charge < -0.3 is 11.1 Å². The summed E-state index contributed by atoms with van der Waals surface area (Å²) in [6.45, 7) is 1.71. The second kappa shape index (κ2) is 5.61. The molecule has 8 heteroatoms. The maximum atomic E-state index is 13.5. The number of carbonyl (C=O) groups excluding carboxylic acids is 1. The van der Waals surface area contributed by atoms with Gasteiger partial charge in [-0.05, 0) is 37.5 Å². The number of hydrogen-bond donors (Lipinski definition) is 2. The number of rotatable bonds is 3. The number of halogens is 1. The van der Waals surface area contributed by atoms with Crippen LogP contribution in [0.2, 0.25) is 0 Å². The van der Waals surface area contributed by atoms with Gasteiger partial charge >= 0.3 is 0 Å². The fourth-order valence-electron chi connectivity index (χ4n) is 2.50. The van der Waals surface area contributed by atoms with Gasteiger partial charge in [-0.1, -0.05) is 0 Å². The van der Waals surface area contributed by atoms with Gasteiger partial charge in [0, 0.05) is 13.6 Å². The number of hydrogen-bond acceptors (Lipinski definition) is 4. The molecule has 1 aromatic carbocycles. The van der Waals surface area contributed by atoms with Crippen LogP contribution in [0.15, 0.2) is 17.0 Å². The van der Waals surface area contributed by atoms with Gasteiger partial charge in [0.2, 0.25) is 15.9 Å². The lowest BCUT2D eigenvalue weighted by Gasteiger charge is -2.23. The van der Waals surface area contributed by atoms with E-state index in [0.717, 1.165) is 10.4 Å². The molecule has 1 fully saturated rings. The molecule has 0 saturated carbocycles. The van der Waals surface area contributed by atoms with Crippen LogP contribution in [-0.4, -0.2) is 38.3 Å². The van der Waals surface area contributed by atoms with Crippen molar-refractivity contribution in [1.82, 2.24) is 9.62 Å². The number of nitrogens with one attached hydrogen (secondary N) is 1. The fourth-order valence-corrected chi connectivity index (χ4v) is 4.28. The number of amides is 1. The maximum Gasteiger partial charge on any atom is 0.243 e. The number of benzene rings is 1. The Hall–Kier alpha value is -1.67. The van der Waals surface area contributed by atoms with E-state index in [1.54, 1.807) is 0 Å². The summed E-state index contributed by atoms with van der Waals surface area (Å²) in [6.07, 6.45) is 1.07. The lowest BCUT2D eigenvalue weighted by atomic mass is 10.2. The van der Waals surface area contributed by atoms with Gasteiger partial charge in [0.05, 0.1) is 10.6 Å². The van der Waals surface area contributed by atoms with Crippen LogP contribution < -0.4 is 11.1 Å². The van der Waals surface area contributed by atoms with Crippen molar-refractivity contribution in [3.05, 3.63) is 23.5 Å². The SMILES string of the molecule is CNC(=O)C1CCCN1S(=O)(=O)c1cc(C)c(F)c(N)c1. The average Bonchev–Trinajstić information content (AvgIpc) is 2.93. The first-order valence-electron chi connectivity index (χ1n) is 6.58. The highest BCUT2D eigenvalue weighted by molar-refractivity contribution is 7.89. The van der Waals surface area contributed by atoms with Crippen molar-refractivity contribution in [2.45, 2.75) is 30.7 Å². The molecule has 0 radical (unpaired) electrons. The summed E-state index contributed by atoms with van der Waals surface area (Å²) in [4.78, 5) is 11.7. The summed E-state index contributed by atoms with van der Waals surface area (Å²) < 4.78 is 40.0. The van der Waals surface area contributed by atoms with E-state index in [1.165, 1.54) is 20.0 Å². The van der Waals surface area contributed by atoms with E-state index in [9.17, 15) is 17.6 Å². The second-order valence-corrected chi connectivity index (χ2v) is 6.92. The predicted molar refractivity (Wildman–Crippen MR) is 76.5 cm³/mol. The molecule has 1 atom stereocenters. The molecule has 1 aromatic rings. The highest BCUT2D eigenvalue weighted by atomic mass is 32.2. The van der Waals surface area contributed by atoms with Crippen LogP contribution in [0.5, 0.6) is 0 Å². The number of nitrogen functional groups attached to an aromatic ring is 1. The lowest BCUT2D eigenvalue weighted by molar-refractivity contribution is -0.123. The standard InChI is InChI=1S/C13H18FN3O3S/c1-8-6-9(7-10(15)12(8)14)21(19,20)17-5-3-4-11(17)13(18)16-2/h6-7,11H,3-5,15H2,1-2H3,(H,16,18). The van der Waals surface area contributed by atoms with Gasteiger partial charge in [-0.3, -0.25) is 4.79 Å². The van der Waals surface area contributed by atoms with E-state index in [1.807, 2.05) is 0 Å². The Morgan fingerprint density at radius 3 is 2.71 bits per heavy atom. The van der Waals surface area contributed by atoms with E-state index in [4.69, 9.17) is 5.73 Å². The van der Waals surface area contributed by atoms with E-state index < -0.39 is 21.9 Å². The maximum absolute atomic E-state index is 13.5. The summed E-state index contributed by atoms with van der Waals surface area (Å²) >= 11 is 0. The summed E-state index contributed by atoms with van der Waals surface area (Å²) in [5, 5.41) is 2.46. The van der Waals surface area contributed by atoms with E-state index >= 15 is 0 Å². The largest absolute Gasteiger partial charge is 0.396 e. The molecule has 21 heavy (non-hydrogen) atoms. The molecule has 0 aliphatic carbocycles. The van der Waals surface area contributed by atoms with Crippen molar-refractivity contribution >= 4 is 21.6 Å². The molecule has 1 aliphatic heterocycles. The molecule has 0 spiro atoms. The lowest BCUT2D eigenvalue weighted by Crippen LogP contribution is -2.44. The molecular formula is C13H18FN3O3S. The quantitative estimate of drug-likeness (QED) is 0.800. The van der Waals surface area contributed by atoms with Crippen molar-refractivity contribution in [2.24, 2.45) is 0 Å². The van der Waals surface area contributed by atoms with Crippen molar-refractivity contribution in [3.63, 3.8) is 0 Å². The minimum Gasteiger partial charge on any atom is -0.396 e. The number of aryl methyl sites for hydroxylation is 1. The van der Waals surface area contributed by atoms with Crippen molar-refractivity contribution in [3.8, 4) is 0 Å². The Morgan fingerprint density at radius 2 is 2.14 bits per heavy atom. The second-order valence-electron chi connectivity index (χ2n) is 5.03. The Morgan fingerprint density at radius 1 is 1.48 bits per heavy atom. The third kappa shape index (κ3) is 2.73. The zero-order chi connectivity index (χ0) is 15.8. The molecule has 2 rings (SSSR count). The Kier molecular flexibility index (Phi) is 4.20.